The lowest BCUT2D eigenvalue weighted by molar-refractivity contribution is -0.167. The second-order valence-corrected chi connectivity index (χ2v) is 19.5. The smallest absolute Gasteiger partial charge is 0.306 e. The Kier molecular flexibility index (Phi) is 55.9. The maximum Gasteiger partial charge on any atom is 0.306 e. The molecule has 0 aliphatic carbocycles. The topological polar surface area (TPSA) is 78.9 Å². The molecule has 0 aromatic rings. The molecule has 71 heavy (non-hydrogen) atoms. The maximum absolute atomic E-state index is 12.8. The summed E-state index contributed by atoms with van der Waals surface area (Å²) in [4.78, 5) is 38.1. The van der Waals surface area contributed by atoms with Gasteiger partial charge < -0.3 is 14.2 Å². The minimum atomic E-state index is -0.789. The molecule has 0 aromatic carbocycles. The van der Waals surface area contributed by atoms with Crippen molar-refractivity contribution in [1.29, 1.82) is 0 Å². The number of carbonyl (C=O) groups is 3. The number of rotatable bonds is 53. The van der Waals surface area contributed by atoms with Gasteiger partial charge in [-0.25, -0.2) is 0 Å². The number of esters is 3. The van der Waals surface area contributed by atoms with Crippen LogP contribution < -0.4 is 0 Å². The number of unbranched alkanes of at least 4 members (excludes halogenated alkanes) is 26. The third-order valence-electron chi connectivity index (χ3n) is 12.5. The van der Waals surface area contributed by atoms with Gasteiger partial charge in [0.2, 0.25) is 0 Å². The van der Waals surface area contributed by atoms with Gasteiger partial charge in [0, 0.05) is 19.3 Å². The molecule has 0 aromatic heterocycles. The van der Waals surface area contributed by atoms with E-state index in [-0.39, 0.29) is 31.1 Å². The van der Waals surface area contributed by atoms with Gasteiger partial charge in [0.1, 0.15) is 13.2 Å². The first-order chi connectivity index (χ1) is 35.0. The van der Waals surface area contributed by atoms with E-state index < -0.39 is 6.10 Å². The van der Waals surface area contributed by atoms with Crippen molar-refractivity contribution in [3.63, 3.8) is 0 Å². The molecule has 1 unspecified atom stereocenters. The van der Waals surface area contributed by atoms with Crippen LogP contribution in [-0.2, 0) is 28.6 Å². The monoisotopic (exact) mass is 987 g/mol. The molecule has 0 aliphatic heterocycles. The average Bonchev–Trinajstić information content (AvgIpc) is 3.37. The van der Waals surface area contributed by atoms with Crippen molar-refractivity contribution in [2.24, 2.45) is 0 Å². The normalized spacial score (nSPS) is 12.8. The summed E-state index contributed by atoms with van der Waals surface area (Å²) in [5.41, 5.74) is 0. The second kappa shape index (κ2) is 58.9. The molecular formula is C65H110O6. The molecule has 6 heteroatoms. The van der Waals surface area contributed by atoms with E-state index in [1.807, 2.05) is 0 Å². The van der Waals surface area contributed by atoms with Crippen LogP contribution in [0.2, 0.25) is 0 Å². The number of ether oxygens (including phenoxy) is 3. The first-order valence-electron chi connectivity index (χ1n) is 29.7. The van der Waals surface area contributed by atoms with Crippen molar-refractivity contribution >= 4 is 17.9 Å². The Hall–Kier alpha value is -3.67. The molecule has 0 bridgehead atoms. The van der Waals surface area contributed by atoms with Crippen LogP contribution in [0.4, 0.5) is 0 Å². The first kappa shape index (κ1) is 67.3. The molecule has 6 nitrogen and oxygen atoms in total. The predicted molar refractivity (Wildman–Crippen MR) is 307 cm³/mol. The zero-order valence-electron chi connectivity index (χ0n) is 46.5. The quantitative estimate of drug-likeness (QED) is 0.0261. The van der Waals surface area contributed by atoms with Crippen LogP contribution in [0.15, 0.2) is 97.2 Å². The molecule has 0 aliphatic rings. The van der Waals surface area contributed by atoms with Crippen molar-refractivity contribution in [2.75, 3.05) is 13.2 Å². The minimum absolute atomic E-state index is 0.0875. The van der Waals surface area contributed by atoms with E-state index in [2.05, 4.69) is 118 Å². The van der Waals surface area contributed by atoms with E-state index in [1.165, 1.54) is 109 Å². The van der Waals surface area contributed by atoms with Crippen molar-refractivity contribution in [2.45, 2.75) is 284 Å². The lowest BCUT2D eigenvalue weighted by Gasteiger charge is -2.18. The SMILES string of the molecule is CC/C=C\C/C=C\C/C=C\C/C=C\C/C=C\C/C=C\CCCCCCCCCCC(=O)OCC(COC(=O)CCCCCCC/C=C\CCC)OC(=O)CCCCCCC/C=C\CCCCCCCCC. The molecule has 0 spiro atoms. The van der Waals surface area contributed by atoms with E-state index in [0.29, 0.717) is 19.3 Å². The average molecular weight is 988 g/mol. The van der Waals surface area contributed by atoms with Gasteiger partial charge in [-0.15, -0.1) is 0 Å². The summed E-state index contributed by atoms with van der Waals surface area (Å²) >= 11 is 0. The summed E-state index contributed by atoms with van der Waals surface area (Å²) in [6, 6.07) is 0. The van der Waals surface area contributed by atoms with Crippen LogP contribution in [0.3, 0.4) is 0 Å². The standard InChI is InChI=1S/C65H110O6/c1-4-7-10-13-16-19-22-24-26-28-29-30-31-32-33-34-35-36-37-38-40-41-43-46-49-52-55-58-64(67)70-61-62(60-69-63(66)57-54-51-48-45-21-18-15-12-9-6-3)71-65(68)59-56-53-50-47-44-42-39-27-25-23-20-17-14-11-8-5-2/h7,10,12,15-16,19,24,26-27,29-30,32-33,35-36,39,62H,4-6,8-9,11,13-14,17-18,20-23,25,28,31,34,37-38,40-61H2,1-3H3/b10-7-,15-12-,19-16-,26-24-,30-29-,33-32-,36-35-,39-27-. The van der Waals surface area contributed by atoms with Gasteiger partial charge in [-0.2, -0.15) is 0 Å². The Morgan fingerprint density at radius 2 is 0.577 bits per heavy atom. The van der Waals surface area contributed by atoms with Gasteiger partial charge in [-0.05, 0) is 116 Å². The fourth-order valence-electron chi connectivity index (χ4n) is 8.09. The van der Waals surface area contributed by atoms with Crippen LogP contribution in [0.25, 0.3) is 0 Å². The van der Waals surface area contributed by atoms with Gasteiger partial charge in [-0.3, -0.25) is 14.4 Å². The molecule has 0 saturated heterocycles. The van der Waals surface area contributed by atoms with Gasteiger partial charge in [0.25, 0.3) is 0 Å². The Labute approximate surface area is 438 Å². The van der Waals surface area contributed by atoms with E-state index in [4.69, 9.17) is 14.2 Å². The molecule has 406 valence electrons. The zero-order valence-corrected chi connectivity index (χ0v) is 46.5. The number of carbonyl (C=O) groups excluding carboxylic acids is 3. The molecule has 0 saturated carbocycles. The Balaban J connectivity index is 4.28. The van der Waals surface area contributed by atoms with Crippen molar-refractivity contribution in [3.05, 3.63) is 97.2 Å². The van der Waals surface area contributed by atoms with Crippen molar-refractivity contribution < 1.29 is 28.6 Å². The number of hydrogen-bond acceptors (Lipinski definition) is 6. The largest absolute Gasteiger partial charge is 0.462 e. The van der Waals surface area contributed by atoms with Crippen molar-refractivity contribution in [3.8, 4) is 0 Å². The fourth-order valence-corrected chi connectivity index (χ4v) is 8.09. The maximum atomic E-state index is 12.8. The van der Waals surface area contributed by atoms with E-state index in [0.717, 1.165) is 128 Å². The first-order valence-corrected chi connectivity index (χ1v) is 29.7. The highest BCUT2D eigenvalue weighted by Gasteiger charge is 2.19. The van der Waals surface area contributed by atoms with Crippen LogP contribution in [0.1, 0.15) is 278 Å². The Morgan fingerprint density at radius 3 is 0.930 bits per heavy atom. The van der Waals surface area contributed by atoms with E-state index in [9.17, 15) is 14.4 Å². The summed E-state index contributed by atoms with van der Waals surface area (Å²) in [5, 5.41) is 0. The Morgan fingerprint density at radius 1 is 0.296 bits per heavy atom. The molecule has 0 heterocycles. The van der Waals surface area contributed by atoms with E-state index >= 15 is 0 Å². The van der Waals surface area contributed by atoms with Gasteiger partial charge >= 0.3 is 17.9 Å². The summed E-state index contributed by atoms with van der Waals surface area (Å²) in [6.45, 7) is 6.45. The zero-order chi connectivity index (χ0) is 51.4. The fraction of sp³-hybridized carbons (Fsp3) is 0.708. The molecule has 0 rings (SSSR count). The molecular weight excluding hydrogens is 877 g/mol. The molecule has 0 amide bonds. The lowest BCUT2D eigenvalue weighted by Crippen LogP contribution is -2.30. The van der Waals surface area contributed by atoms with Crippen LogP contribution in [-0.4, -0.2) is 37.2 Å². The second-order valence-electron chi connectivity index (χ2n) is 19.5. The van der Waals surface area contributed by atoms with Gasteiger partial charge in [0.05, 0.1) is 0 Å². The van der Waals surface area contributed by atoms with Gasteiger partial charge in [-0.1, -0.05) is 240 Å². The molecule has 1 atom stereocenters. The lowest BCUT2D eigenvalue weighted by atomic mass is 10.1. The highest BCUT2D eigenvalue weighted by Crippen LogP contribution is 2.15. The van der Waals surface area contributed by atoms with Crippen LogP contribution in [0.5, 0.6) is 0 Å². The van der Waals surface area contributed by atoms with Crippen molar-refractivity contribution in [1.82, 2.24) is 0 Å². The third-order valence-corrected chi connectivity index (χ3v) is 12.5. The third kappa shape index (κ3) is 57.1. The van der Waals surface area contributed by atoms with E-state index in [1.54, 1.807) is 0 Å². The minimum Gasteiger partial charge on any atom is -0.462 e. The highest BCUT2D eigenvalue weighted by atomic mass is 16.6. The molecule has 0 fully saturated rings. The number of allylic oxidation sites excluding steroid dienone is 16. The molecule has 0 N–H and O–H groups in total. The Bertz CT molecular complexity index is 1410. The van der Waals surface area contributed by atoms with Gasteiger partial charge in [0.15, 0.2) is 6.10 Å². The summed E-state index contributed by atoms with van der Waals surface area (Å²) in [6.07, 6.45) is 78.4. The predicted octanol–water partition coefficient (Wildman–Crippen LogP) is 20.1. The summed E-state index contributed by atoms with van der Waals surface area (Å²) < 4.78 is 16.8. The van der Waals surface area contributed by atoms with Crippen LogP contribution in [0, 0.1) is 0 Å². The molecule has 0 radical (unpaired) electrons. The summed E-state index contributed by atoms with van der Waals surface area (Å²) in [7, 11) is 0. The summed E-state index contributed by atoms with van der Waals surface area (Å²) in [5.74, 6) is -0.911. The number of hydrogen-bond donors (Lipinski definition) is 0. The highest BCUT2D eigenvalue weighted by molar-refractivity contribution is 5.71. The van der Waals surface area contributed by atoms with Crippen LogP contribution >= 0.6 is 0 Å².